The van der Waals surface area contributed by atoms with Crippen molar-refractivity contribution < 1.29 is 9.53 Å². The Balaban J connectivity index is 1.95. The smallest absolute Gasteiger partial charge is 0.265 e. The minimum Gasteiger partial charge on any atom is -0.491 e. The van der Waals surface area contributed by atoms with E-state index < -0.39 is 0 Å². The minimum atomic E-state index is -0.109. The number of hydrogen-bond acceptors (Lipinski definition) is 4. The summed E-state index contributed by atoms with van der Waals surface area (Å²) in [6.45, 7) is 2.71. The zero-order valence-electron chi connectivity index (χ0n) is 12.2. The summed E-state index contributed by atoms with van der Waals surface area (Å²) in [6, 6.07) is 11.2. The van der Waals surface area contributed by atoms with Crippen LogP contribution in [0.1, 0.15) is 23.0 Å². The van der Waals surface area contributed by atoms with Crippen molar-refractivity contribution in [2.24, 2.45) is 0 Å². The summed E-state index contributed by atoms with van der Waals surface area (Å²) in [5.41, 5.74) is 1.50. The lowest BCUT2D eigenvalue weighted by Gasteiger charge is -2.12. The van der Waals surface area contributed by atoms with Crippen molar-refractivity contribution in [3.05, 3.63) is 52.9 Å². The van der Waals surface area contributed by atoms with Gasteiger partial charge in [0, 0.05) is 11.6 Å². The summed E-state index contributed by atoms with van der Waals surface area (Å²) in [4.78, 5) is 17.3. The number of benzene rings is 1. The van der Waals surface area contributed by atoms with Crippen LogP contribution in [0.2, 0.25) is 0 Å². The molecular weight excluding hydrogens is 296 g/mol. The van der Waals surface area contributed by atoms with Crippen molar-refractivity contribution in [3.8, 4) is 5.75 Å². The molecule has 0 bridgehead atoms. The van der Waals surface area contributed by atoms with E-state index in [2.05, 4.69) is 17.2 Å². The molecule has 2 aromatic heterocycles. The third kappa shape index (κ3) is 2.94. The Bertz CT molecular complexity index is 784. The lowest BCUT2D eigenvalue weighted by molar-refractivity contribution is 0.103. The summed E-state index contributed by atoms with van der Waals surface area (Å²) in [5, 5.41) is 5.71. The van der Waals surface area contributed by atoms with Gasteiger partial charge in [0.2, 0.25) is 0 Å². The maximum atomic E-state index is 12.2. The first-order chi connectivity index (χ1) is 10.8. The van der Waals surface area contributed by atoms with Crippen LogP contribution in [0.15, 0.2) is 48.0 Å². The van der Waals surface area contributed by atoms with E-state index in [9.17, 15) is 4.79 Å². The molecule has 4 nitrogen and oxygen atoms in total. The second kappa shape index (κ2) is 6.58. The van der Waals surface area contributed by atoms with E-state index in [-0.39, 0.29) is 5.91 Å². The van der Waals surface area contributed by atoms with E-state index in [0.29, 0.717) is 11.5 Å². The van der Waals surface area contributed by atoms with Crippen molar-refractivity contribution in [2.75, 3.05) is 11.9 Å². The van der Waals surface area contributed by atoms with Crippen molar-refractivity contribution in [1.82, 2.24) is 4.98 Å². The van der Waals surface area contributed by atoms with E-state index in [0.717, 1.165) is 28.8 Å². The number of thiophene rings is 1. The van der Waals surface area contributed by atoms with Crippen molar-refractivity contribution >= 4 is 33.8 Å². The number of fused-ring (bicyclic) bond motifs is 1. The van der Waals surface area contributed by atoms with Crippen LogP contribution in [0.25, 0.3) is 10.9 Å². The van der Waals surface area contributed by atoms with E-state index in [1.165, 1.54) is 11.3 Å². The molecule has 0 fully saturated rings. The zero-order chi connectivity index (χ0) is 15.4. The van der Waals surface area contributed by atoms with E-state index >= 15 is 0 Å². The molecule has 112 valence electrons. The SMILES string of the molecule is CCCOc1ccc(NC(=O)c2cccs2)c2cccnc12. The Kier molecular flexibility index (Phi) is 4.34. The molecule has 0 aliphatic carbocycles. The van der Waals surface area contributed by atoms with Gasteiger partial charge in [-0.2, -0.15) is 0 Å². The number of aromatic nitrogens is 1. The average molecular weight is 312 g/mol. The Morgan fingerprint density at radius 2 is 2.18 bits per heavy atom. The average Bonchev–Trinajstić information content (AvgIpc) is 3.09. The van der Waals surface area contributed by atoms with Gasteiger partial charge in [-0.1, -0.05) is 13.0 Å². The summed E-state index contributed by atoms with van der Waals surface area (Å²) in [7, 11) is 0. The number of nitrogens with zero attached hydrogens (tertiary/aromatic N) is 1. The first kappa shape index (κ1) is 14.5. The molecule has 22 heavy (non-hydrogen) atoms. The minimum absolute atomic E-state index is 0.109. The van der Waals surface area contributed by atoms with Gasteiger partial charge in [-0.3, -0.25) is 9.78 Å². The Morgan fingerprint density at radius 1 is 1.27 bits per heavy atom. The number of nitrogens with one attached hydrogen (secondary N) is 1. The number of ether oxygens (including phenoxy) is 1. The molecule has 0 spiro atoms. The highest BCUT2D eigenvalue weighted by Crippen LogP contribution is 2.30. The van der Waals surface area contributed by atoms with E-state index in [4.69, 9.17) is 4.74 Å². The highest BCUT2D eigenvalue weighted by atomic mass is 32.1. The molecular formula is C17H16N2O2S. The van der Waals surface area contributed by atoms with Crippen LogP contribution >= 0.6 is 11.3 Å². The van der Waals surface area contributed by atoms with Crippen LogP contribution in [-0.4, -0.2) is 17.5 Å². The summed E-state index contributed by atoms with van der Waals surface area (Å²) >= 11 is 1.42. The van der Waals surface area contributed by atoms with Gasteiger partial charge < -0.3 is 10.1 Å². The number of carbonyl (C=O) groups is 1. The van der Waals surface area contributed by atoms with Gasteiger partial charge >= 0.3 is 0 Å². The number of carbonyl (C=O) groups excluding carboxylic acids is 1. The van der Waals surface area contributed by atoms with Gasteiger partial charge in [-0.05, 0) is 42.1 Å². The molecule has 5 heteroatoms. The van der Waals surface area contributed by atoms with Crippen molar-refractivity contribution in [3.63, 3.8) is 0 Å². The maximum Gasteiger partial charge on any atom is 0.265 e. The van der Waals surface area contributed by atoms with Gasteiger partial charge in [-0.15, -0.1) is 11.3 Å². The summed E-state index contributed by atoms with van der Waals surface area (Å²) < 4.78 is 5.73. The molecule has 1 N–H and O–H groups in total. The molecule has 1 aromatic carbocycles. The number of hydrogen-bond donors (Lipinski definition) is 1. The second-order valence-corrected chi connectivity index (χ2v) is 5.74. The Morgan fingerprint density at radius 3 is 2.95 bits per heavy atom. The molecule has 0 unspecified atom stereocenters. The number of anilines is 1. The number of amides is 1. The molecule has 0 saturated heterocycles. The molecule has 2 heterocycles. The van der Waals surface area contributed by atoms with Crippen LogP contribution in [0.4, 0.5) is 5.69 Å². The molecule has 0 aliphatic rings. The van der Waals surface area contributed by atoms with Crippen LogP contribution in [0, 0.1) is 0 Å². The summed E-state index contributed by atoms with van der Waals surface area (Å²) in [5.74, 6) is 0.633. The molecule has 0 atom stereocenters. The van der Waals surface area contributed by atoms with Gasteiger partial charge in [0.25, 0.3) is 5.91 Å². The molecule has 0 saturated carbocycles. The lowest BCUT2D eigenvalue weighted by atomic mass is 10.1. The maximum absolute atomic E-state index is 12.2. The van der Waals surface area contributed by atoms with Gasteiger partial charge in [0.15, 0.2) is 0 Å². The quantitative estimate of drug-likeness (QED) is 0.762. The van der Waals surface area contributed by atoms with Crippen LogP contribution in [0.5, 0.6) is 5.75 Å². The van der Waals surface area contributed by atoms with Gasteiger partial charge in [0.05, 0.1) is 17.2 Å². The highest BCUT2D eigenvalue weighted by molar-refractivity contribution is 7.12. The fourth-order valence-electron chi connectivity index (χ4n) is 2.18. The monoisotopic (exact) mass is 312 g/mol. The zero-order valence-corrected chi connectivity index (χ0v) is 13.0. The molecule has 0 radical (unpaired) electrons. The standard InChI is InChI=1S/C17H16N2O2S/c1-2-10-21-14-8-7-13(12-5-3-9-18-16(12)14)19-17(20)15-6-4-11-22-15/h3-9,11H,2,10H2,1H3,(H,19,20). The van der Waals surface area contributed by atoms with E-state index in [1.807, 2.05) is 35.7 Å². The van der Waals surface area contributed by atoms with Crippen LogP contribution in [0.3, 0.4) is 0 Å². The van der Waals surface area contributed by atoms with Crippen molar-refractivity contribution in [1.29, 1.82) is 0 Å². The highest BCUT2D eigenvalue weighted by Gasteiger charge is 2.12. The number of pyridine rings is 1. The fourth-order valence-corrected chi connectivity index (χ4v) is 2.79. The van der Waals surface area contributed by atoms with Gasteiger partial charge in [-0.25, -0.2) is 0 Å². The molecule has 3 aromatic rings. The third-order valence-electron chi connectivity index (χ3n) is 3.19. The van der Waals surface area contributed by atoms with Gasteiger partial charge in [0.1, 0.15) is 11.3 Å². The van der Waals surface area contributed by atoms with Crippen molar-refractivity contribution in [2.45, 2.75) is 13.3 Å². The molecule has 3 rings (SSSR count). The fraction of sp³-hybridized carbons (Fsp3) is 0.176. The van der Waals surface area contributed by atoms with Crippen LogP contribution < -0.4 is 10.1 Å². The first-order valence-corrected chi connectivity index (χ1v) is 8.03. The predicted octanol–water partition coefficient (Wildman–Crippen LogP) is 4.34. The Hall–Kier alpha value is -2.40. The Labute approximate surface area is 132 Å². The number of rotatable bonds is 5. The first-order valence-electron chi connectivity index (χ1n) is 7.15. The molecule has 1 amide bonds. The topological polar surface area (TPSA) is 51.2 Å². The molecule has 0 aliphatic heterocycles. The second-order valence-electron chi connectivity index (χ2n) is 4.79. The lowest BCUT2D eigenvalue weighted by Crippen LogP contribution is -2.10. The van der Waals surface area contributed by atoms with Crippen LogP contribution in [-0.2, 0) is 0 Å². The summed E-state index contributed by atoms with van der Waals surface area (Å²) in [6.07, 6.45) is 2.66. The normalized spacial score (nSPS) is 10.6. The van der Waals surface area contributed by atoms with E-state index in [1.54, 1.807) is 12.3 Å². The third-order valence-corrected chi connectivity index (χ3v) is 4.06. The predicted molar refractivity (Wildman–Crippen MR) is 89.8 cm³/mol. The largest absolute Gasteiger partial charge is 0.491 e.